The van der Waals surface area contributed by atoms with Crippen LogP contribution < -0.4 is 5.32 Å². The van der Waals surface area contributed by atoms with Crippen LogP contribution in [0.15, 0.2) is 34.5 Å². The minimum Gasteiger partial charge on any atom is -0.468 e. The molecule has 4 rings (SSSR count). The molecule has 2 fully saturated rings. The quantitative estimate of drug-likeness (QED) is 0.676. The molecule has 1 aliphatic heterocycles. The summed E-state index contributed by atoms with van der Waals surface area (Å²) in [5.41, 5.74) is 1.81. The highest BCUT2D eigenvalue weighted by Gasteiger charge is 2.51. The van der Waals surface area contributed by atoms with Crippen molar-refractivity contribution in [1.29, 1.82) is 0 Å². The third kappa shape index (κ3) is 2.71. The largest absolute Gasteiger partial charge is 0.468 e. The van der Waals surface area contributed by atoms with E-state index in [4.69, 9.17) is 9.15 Å². The molecule has 130 valence electrons. The van der Waals surface area contributed by atoms with Gasteiger partial charge >= 0.3 is 5.97 Å². The molecule has 0 spiro atoms. The van der Waals surface area contributed by atoms with Crippen LogP contribution in [0.2, 0.25) is 0 Å². The molecule has 0 bridgehead atoms. The molecule has 1 aromatic rings. The zero-order valence-electron chi connectivity index (χ0n) is 14.6. The number of hydrogen-bond donors (Lipinski definition) is 1. The van der Waals surface area contributed by atoms with E-state index in [0.29, 0.717) is 19.0 Å². The summed E-state index contributed by atoms with van der Waals surface area (Å²) in [5, 5.41) is 3.36. The second-order valence-corrected chi connectivity index (χ2v) is 8.05. The average molecular weight is 329 g/mol. The number of nitrogens with one attached hydrogen (secondary N) is 1. The third-order valence-electron chi connectivity index (χ3n) is 6.33. The summed E-state index contributed by atoms with van der Waals surface area (Å²) in [4.78, 5) is 12.4. The van der Waals surface area contributed by atoms with Gasteiger partial charge in [-0.2, -0.15) is 0 Å². The van der Waals surface area contributed by atoms with Crippen LogP contribution >= 0.6 is 0 Å². The van der Waals surface area contributed by atoms with Crippen LogP contribution in [0.1, 0.15) is 45.3 Å². The fourth-order valence-corrected chi connectivity index (χ4v) is 5.05. The van der Waals surface area contributed by atoms with Crippen molar-refractivity contribution in [3.05, 3.63) is 35.8 Å². The second-order valence-electron chi connectivity index (χ2n) is 8.05. The molecule has 1 saturated carbocycles. The van der Waals surface area contributed by atoms with Gasteiger partial charge in [0.1, 0.15) is 11.9 Å². The summed E-state index contributed by atoms with van der Waals surface area (Å²) < 4.78 is 11.1. The van der Waals surface area contributed by atoms with E-state index < -0.39 is 0 Å². The van der Waals surface area contributed by atoms with Crippen molar-refractivity contribution in [2.24, 2.45) is 23.2 Å². The van der Waals surface area contributed by atoms with Gasteiger partial charge in [-0.15, -0.1) is 0 Å². The van der Waals surface area contributed by atoms with Crippen molar-refractivity contribution in [2.45, 2.75) is 52.2 Å². The van der Waals surface area contributed by atoms with Crippen molar-refractivity contribution >= 4 is 5.97 Å². The molecule has 0 amide bonds. The maximum absolute atomic E-state index is 12.4. The fraction of sp³-hybridized carbons (Fsp3) is 0.650. The smallest absolute Gasteiger partial charge is 0.311 e. The normalized spacial score (nSPS) is 38.2. The van der Waals surface area contributed by atoms with Crippen molar-refractivity contribution in [3.8, 4) is 0 Å². The molecule has 1 N–H and O–H groups in total. The minimum absolute atomic E-state index is 0.0382. The maximum Gasteiger partial charge on any atom is 0.311 e. The number of fused-ring (bicyclic) bond motifs is 2. The van der Waals surface area contributed by atoms with Gasteiger partial charge in [0.25, 0.3) is 0 Å². The lowest BCUT2D eigenvalue weighted by atomic mass is 9.59. The zero-order valence-corrected chi connectivity index (χ0v) is 14.6. The van der Waals surface area contributed by atoms with E-state index in [-0.39, 0.29) is 29.3 Å². The number of allylic oxidation sites excluding steroid dienone is 1. The Morgan fingerprint density at radius 3 is 3.08 bits per heavy atom. The Morgan fingerprint density at radius 1 is 1.42 bits per heavy atom. The van der Waals surface area contributed by atoms with Gasteiger partial charge in [-0.25, -0.2) is 0 Å². The number of carbonyl (C=O) groups excluding carboxylic acids is 1. The maximum atomic E-state index is 12.4. The lowest BCUT2D eigenvalue weighted by molar-refractivity contribution is -0.145. The van der Waals surface area contributed by atoms with Crippen LogP contribution in [0.5, 0.6) is 0 Å². The lowest BCUT2D eigenvalue weighted by Gasteiger charge is -2.46. The van der Waals surface area contributed by atoms with Crippen LogP contribution in [0, 0.1) is 23.2 Å². The van der Waals surface area contributed by atoms with Gasteiger partial charge in [-0.1, -0.05) is 31.9 Å². The van der Waals surface area contributed by atoms with E-state index >= 15 is 0 Å². The second kappa shape index (κ2) is 6.07. The van der Waals surface area contributed by atoms with Crippen molar-refractivity contribution in [2.75, 3.05) is 6.54 Å². The summed E-state index contributed by atoms with van der Waals surface area (Å²) >= 11 is 0. The summed E-state index contributed by atoms with van der Waals surface area (Å²) in [7, 11) is 0. The van der Waals surface area contributed by atoms with Gasteiger partial charge in [0, 0.05) is 12.5 Å². The molecule has 5 atom stereocenters. The molecular formula is C20H27NO3. The van der Waals surface area contributed by atoms with Gasteiger partial charge in [0.2, 0.25) is 0 Å². The Kier molecular flexibility index (Phi) is 4.03. The van der Waals surface area contributed by atoms with Gasteiger partial charge in [0.05, 0.1) is 18.7 Å². The first kappa shape index (κ1) is 15.9. The summed E-state index contributed by atoms with van der Waals surface area (Å²) in [6, 6.07) is 3.83. The predicted molar refractivity (Wildman–Crippen MR) is 91.1 cm³/mol. The van der Waals surface area contributed by atoms with E-state index in [1.54, 1.807) is 11.8 Å². The van der Waals surface area contributed by atoms with Crippen molar-refractivity contribution in [1.82, 2.24) is 5.32 Å². The third-order valence-corrected chi connectivity index (χ3v) is 6.33. The van der Waals surface area contributed by atoms with Gasteiger partial charge in [-0.05, 0) is 42.7 Å². The Morgan fingerprint density at radius 2 is 2.29 bits per heavy atom. The topological polar surface area (TPSA) is 51.5 Å². The van der Waals surface area contributed by atoms with Crippen molar-refractivity contribution < 1.29 is 13.9 Å². The number of esters is 1. The molecule has 5 unspecified atom stereocenters. The van der Waals surface area contributed by atoms with Gasteiger partial charge in [0.15, 0.2) is 0 Å². The first-order valence-corrected chi connectivity index (χ1v) is 9.23. The lowest BCUT2D eigenvalue weighted by Crippen LogP contribution is -2.40. The number of rotatable bonds is 4. The summed E-state index contributed by atoms with van der Waals surface area (Å²) in [6.07, 6.45) is 8.92. The Hall–Kier alpha value is -1.55. The van der Waals surface area contributed by atoms with Crippen LogP contribution in [-0.2, 0) is 16.1 Å². The molecule has 2 heterocycles. The van der Waals surface area contributed by atoms with E-state index in [2.05, 4.69) is 25.2 Å². The van der Waals surface area contributed by atoms with Crippen molar-refractivity contribution in [3.63, 3.8) is 0 Å². The standard InChI is InChI=1S/C20H27NO3/c1-13-5-3-7-20(2)10-18-15(9-17(13)20)16(19(22)24-18)12-21-11-14-6-4-8-23-14/h4,6,8-9,13,15-16,18,21H,3,5,7,10-12H2,1-2H3. The number of furan rings is 1. The predicted octanol–water partition coefficient (Wildman–Crippen LogP) is 3.68. The van der Waals surface area contributed by atoms with Gasteiger partial charge < -0.3 is 14.5 Å². The monoisotopic (exact) mass is 329 g/mol. The Bertz CT molecular complexity index is 635. The minimum atomic E-state index is -0.0730. The SMILES string of the molecule is CC1CCCC2(C)CC3OC(=O)C(CNCc4ccco4)C3C=C12. The van der Waals surface area contributed by atoms with Crippen LogP contribution in [0.3, 0.4) is 0 Å². The highest BCUT2D eigenvalue weighted by Crippen LogP contribution is 2.53. The van der Waals surface area contributed by atoms with E-state index in [9.17, 15) is 4.79 Å². The number of hydrogen-bond acceptors (Lipinski definition) is 4. The van der Waals surface area contributed by atoms with Crippen LogP contribution in [0.25, 0.3) is 0 Å². The molecule has 0 aromatic carbocycles. The Balaban J connectivity index is 1.49. The highest BCUT2D eigenvalue weighted by atomic mass is 16.6. The molecular weight excluding hydrogens is 302 g/mol. The summed E-state index contributed by atoms with van der Waals surface area (Å²) in [6.45, 7) is 6.00. The molecule has 0 radical (unpaired) electrons. The van der Waals surface area contributed by atoms with Gasteiger partial charge in [-0.3, -0.25) is 4.79 Å². The Labute approximate surface area is 143 Å². The highest BCUT2D eigenvalue weighted by molar-refractivity contribution is 5.76. The molecule has 1 saturated heterocycles. The van der Waals surface area contributed by atoms with Crippen LogP contribution in [-0.4, -0.2) is 18.6 Å². The first-order chi connectivity index (χ1) is 11.6. The first-order valence-electron chi connectivity index (χ1n) is 9.23. The number of carbonyl (C=O) groups is 1. The average Bonchev–Trinajstić information content (AvgIpc) is 3.14. The summed E-state index contributed by atoms with van der Waals surface area (Å²) in [5.74, 6) is 1.65. The molecule has 4 heteroatoms. The fourth-order valence-electron chi connectivity index (χ4n) is 5.05. The molecule has 4 nitrogen and oxygen atoms in total. The molecule has 2 aliphatic carbocycles. The zero-order chi connectivity index (χ0) is 16.7. The van der Waals surface area contributed by atoms with E-state index in [0.717, 1.165) is 12.2 Å². The van der Waals surface area contributed by atoms with E-state index in [1.807, 2.05) is 12.1 Å². The van der Waals surface area contributed by atoms with E-state index in [1.165, 1.54) is 19.3 Å². The molecule has 24 heavy (non-hydrogen) atoms. The number of ether oxygens (including phenoxy) is 1. The molecule has 1 aromatic heterocycles. The van der Waals surface area contributed by atoms with Crippen LogP contribution in [0.4, 0.5) is 0 Å². The molecule has 3 aliphatic rings.